The molecule has 1 N–H and O–H groups in total. The topological polar surface area (TPSA) is 76.1 Å². The molecule has 3 aromatic rings. The third-order valence-corrected chi connectivity index (χ3v) is 7.52. The van der Waals surface area contributed by atoms with Crippen LogP contribution in [-0.2, 0) is 11.3 Å². The lowest BCUT2D eigenvalue weighted by Crippen LogP contribution is -2.36. The summed E-state index contributed by atoms with van der Waals surface area (Å²) >= 11 is 4.83. The predicted molar refractivity (Wildman–Crippen MR) is 116 cm³/mol. The van der Waals surface area contributed by atoms with Crippen LogP contribution in [0.25, 0.3) is 10.2 Å². The van der Waals surface area contributed by atoms with Crippen LogP contribution in [0.15, 0.2) is 22.0 Å². The molecule has 0 radical (unpaired) electrons. The number of hydrogen-bond acceptors (Lipinski definition) is 10. The van der Waals surface area contributed by atoms with Gasteiger partial charge in [0.05, 0.1) is 19.8 Å². The Kier molecular flexibility index (Phi) is 6.22. The van der Waals surface area contributed by atoms with E-state index in [0.717, 1.165) is 63.4 Å². The Morgan fingerprint density at radius 3 is 2.82 bits per heavy atom. The molecule has 7 nitrogen and oxygen atoms in total. The van der Waals surface area contributed by atoms with E-state index >= 15 is 0 Å². The van der Waals surface area contributed by atoms with Crippen molar-refractivity contribution in [3.63, 3.8) is 0 Å². The molecule has 0 spiro atoms. The summed E-state index contributed by atoms with van der Waals surface area (Å²) in [5.74, 6) is 0.854. The van der Waals surface area contributed by atoms with Crippen molar-refractivity contribution in [2.45, 2.75) is 29.8 Å². The molecule has 0 amide bonds. The van der Waals surface area contributed by atoms with Crippen molar-refractivity contribution in [3.05, 3.63) is 28.9 Å². The summed E-state index contributed by atoms with van der Waals surface area (Å²) in [7, 11) is 0. The number of nitrogens with one attached hydrogen (secondary N) is 1. The third kappa shape index (κ3) is 4.36. The van der Waals surface area contributed by atoms with Gasteiger partial charge in [-0.05, 0) is 31.2 Å². The molecule has 0 saturated carbocycles. The monoisotopic (exact) mass is 434 g/mol. The Hall–Kier alpha value is -1.59. The van der Waals surface area contributed by atoms with Crippen molar-refractivity contribution in [1.82, 2.24) is 25.1 Å². The van der Waals surface area contributed by atoms with Crippen LogP contribution in [0.5, 0.6) is 0 Å². The number of morpholine rings is 1. The number of aromatic nitrogens is 4. The maximum Gasteiger partial charge on any atom is 0.206 e. The van der Waals surface area contributed by atoms with E-state index in [1.807, 2.05) is 0 Å². The lowest BCUT2D eigenvalue weighted by Gasteiger charge is -2.25. The third-order valence-electron chi connectivity index (χ3n) is 4.50. The minimum atomic E-state index is 0.670. The van der Waals surface area contributed by atoms with Gasteiger partial charge in [0.15, 0.2) is 4.34 Å². The van der Waals surface area contributed by atoms with Crippen LogP contribution in [0.1, 0.15) is 16.3 Å². The second-order valence-corrected chi connectivity index (χ2v) is 9.86. The highest BCUT2D eigenvalue weighted by molar-refractivity contribution is 8.01. The minimum absolute atomic E-state index is 0.670. The van der Waals surface area contributed by atoms with Gasteiger partial charge in [-0.1, -0.05) is 17.4 Å². The first-order valence-electron chi connectivity index (χ1n) is 9.07. The fourth-order valence-electron chi connectivity index (χ4n) is 2.92. The molecule has 148 valence electrons. The number of thiophene rings is 1. The largest absolute Gasteiger partial charge is 0.379 e. The molecule has 1 aliphatic rings. The standard InChI is InChI=1S/C18H22N6OS3/c1-4-5-19-17-22-23-18(28-17)27-16-14-11(2)12(3)26-15(14)20-13(21-16)10-24-6-8-25-9-7-24/h4H,1,5-10H2,2-3H3,(H,19,22). The lowest BCUT2D eigenvalue weighted by molar-refractivity contribution is 0.0330. The van der Waals surface area contributed by atoms with Gasteiger partial charge >= 0.3 is 0 Å². The fraction of sp³-hybridized carbons (Fsp3) is 0.444. The SMILES string of the molecule is C=CCNc1nnc(Sc2nc(CN3CCOCC3)nc3sc(C)c(C)c23)s1. The summed E-state index contributed by atoms with van der Waals surface area (Å²) in [6, 6.07) is 0. The van der Waals surface area contributed by atoms with E-state index < -0.39 is 0 Å². The van der Waals surface area contributed by atoms with Crippen LogP contribution in [0.4, 0.5) is 5.13 Å². The first-order chi connectivity index (χ1) is 13.6. The van der Waals surface area contributed by atoms with Crippen LogP contribution in [0.3, 0.4) is 0 Å². The van der Waals surface area contributed by atoms with Gasteiger partial charge in [-0.3, -0.25) is 4.90 Å². The highest BCUT2D eigenvalue weighted by Gasteiger charge is 2.19. The van der Waals surface area contributed by atoms with Crippen LogP contribution in [0.2, 0.25) is 0 Å². The van der Waals surface area contributed by atoms with Crippen LogP contribution >= 0.6 is 34.4 Å². The van der Waals surface area contributed by atoms with E-state index in [1.54, 1.807) is 29.2 Å². The minimum Gasteiger partial charge on any atom is -0.379 e. The van der Waals surface area contributed by atoms with Gasteiger partial charge in [0.1, 0.15) is 15.7 Å². The van der Waals surface area contributed by atoms with E-state index in [9.17, 15) is 0 Å². The molecule has 0 bridgehead atoms. The molecule has 1 fully saturated rings. The Morgan fingerprint density at radius 2 is 2.04 bits per heavy atom. The normalized spacial score (nSPS) is 15.2. The maximum absolute atomic E-state index is 5.45. The van der Waals surface area contributed by atoms with E-state index in [-0.39, 0.29) is 0 Å². The predicted octanol–water partition coefficient (Wildman–Crippen LogP) is 3.74. The Balaban J connectivity index is 1.64. The molecule has 28 heavy (non-hydrogen) atoms. The summed E-state index contributed by atoms with van der Waals surface area (Å²) in [6.07, 6.45) is 1.80. The molecule has 0 unspecified atom stereocenters. The van der Waals surface area contributed by atoms with E-state index in [2.05, 4.69) is 40.8 Å². The number of hydrogen-bond donors (Lipinski definition) is 1. The number of anilines is 1. The number of aryl methyl sites for hydroxylation is 2. The highest BCUT2D eigenvalue weighted by atomic mass is 32.2. The first kappa shape index (κ1) is 19.7. The van der Waals surface area contributed by atoms with Gasteiger partial charge in [0, 0.05) is 29.9 Å². The van der Waals surface area contributed by atoms with Gasteiger partial charge in [-0.2, -0.15) is 0 Å². The zero-order chi connectivity index (χ0) is 19.5. The first-order valence-corrected chi connectivity index (χ1v) is 11.5. The second kappa shape index (κ2) is 8.83. The zero-order valence-electron chi connectivity index (χ0n) is 15.9. The van der Waals surface area contributed by atoms with Crippen molar-refractivity contribution in [2.24, 2.45) is 0 Å². The van der Waals surface area contributed by atoms with Crippen LogP contribution < -0.4 is 5.32 Å². The maximum atomic E-state index is 5.45. The van der Waals surface area contributed by atoms with Crippen molar-refractivity contribution in [3.8, 4) is 0 Å². The van der Waals surface area contributed by atoms with Crippen molar-refractivity contribution in [1.29, 1.82) is 0 Å². The van der Waals surface area contributed by atoms with Gasteiger partial charge < -0.3 is 10.1 Å². The van der Waals surface area contributed by atoms with Crippen molar-refractivity contribution in [2.75, 3.05) is 38.2 Å². The Labute approximate surface area is 176 Å². The Morgan fingerprint density at radius 1 is 1.21 bits per heavy atom. The van der Waals surface area contributed by atoms with Crippen molar-refractivity contribution >= 4 is 49.8 Å². The molecular formula is C18H22N6OS3. The average Bonchev–Trinajstić information content (AvgIpc) is 3.25. The smallest absolute Gasteiger partial charge is 0.206 e. The molecule has 1 saturated heterocycles. The molecule has 10 heteroatoms. The van der Waals surface area contributed by atoms with E-state index in [1.165, 1.54) is 21.8 Å². The van der Waals surface area contributed by atoms with Gasteiger partial charge in [-0.25, -0.2) is 9.97 Å². The van der Waals surface area contributed by atoms with Crippen molar-refractivity contribution < 1.29 is 4.74 Å². The summed E-state index contributed by atoms with van der Waals surface area (Å²) in [4.78, 5) is 14.4. The number of ether oxygens (including phenoxy) is 1. The lowest BCUT2D eigenvalue weighted by atomic mass is 10.2. The molecule has 1 aliphatic heterocycles. The summed E-state index contributed by atoms with van der Waals surface area (Å²) in [5, 5.41) is 14.6. The molecule has 3 aromatic heterocycles. The summed E-state index contributed by atoms with van der Waals surface area (Å²) in [5.41, 5.74) is 1.25. The molecule has 0 aromatic carbocycles. The molecule has 4 rings (SSSR count). The highest BCUT2D eigenvalue weighted by Crippen LogP contribution is 2.39. The molecule has 0 aliphatic carbocycles. The molecular weight excluding hydrogens is 412 g/mol. The number of rotatable bonds is 7. The quantitative estimate of drug-likeness (QED) is 0.445. The number of fused-ring (bicyclic) bond motifs is 1. The summed E-state index contributed by atoms with van der Waals surface area (Å²) < 4.78 is 6.32. The fourth-order valence-corrected chi connectivity index (χ4v) is 5.91. The summed E-state index contributed by atoms with van der Waals surface area (Å²) in [6.45, 7) is 12.8. The van der Waals surface area contributed by atoms with Gasteiger partial charge in [-0.15, -0.1) is 28.1 Å². The zero-order valence-corrected chi connectivity index (χ0v) is 18.3. The Bertz CT molecular complexity index is 979. The molecule has 4 heterocycles. The van der Waals surface area contributed by atoms with Gasteiger partial charge in [0.25, 0.3) is 0 Å². The van der Waals surface area contributed by atoms with Crippen LogP contribution in [0, 0.1) is 13.8 Å². The average molecular weight is 435 g/mol. The number of nitrogens with zero attached hydrogens (tertiary/aromatic N) is 5. The molecule has 0 atom stereocenters. The van der Waals surface area contributed by atoms with Crippen LogP contribution in [-0.4, -0.2) is 57.9 Å². The second-order valence-electron chi connectivity index (χ2n) is 6.44. The van der Waals surface area contributed by atoms with Gasteiger partial charge in [0.2, 0.25) is 5.13 Å². The van der Waals surface area contributed by atoms with E-state index in [4.69, 9.17) is 14.7 Å². The van der Waals surface area contributed by atoms with E-state index in [0.29, 0.717) is 6.54 Å².